The number of ether oxygens (including phenoxy) is 1. The first-order valence-electron chi connectivity index (χ1n) is 7.62. The van der Waals surface area contributed by atoms with Gasteiger partial charge >= 0.3 is 0 Å². The van der Waals surface area contributed by atoms with Gasteiger partial charge in [0.1, 0.15) is 5.75 Å². The Morgan fingerprint density at radius 2 is 2.29 bits per heavy atom. The van der Waals surface area contributed by atoms with E-state index in [2.05, 4.69) is 34.7 Å². The van der Waals surface area contributed by atoms with Gasteiger partial charge in [0.25, 0.3) is 0 Å². The van der Waals surface area contributed by atoms with Gasteiger partial charge in [0, 0.05) is 26.3 Å². The minimum absolute atomic E-state index is 0.605. The summed E-state index contributed by atoms with van der Waals surface area (Å²) in [5.41, 5.74) is 4.16. The fraction of sp³-hybridized carbons (Fsp3) is 0.471. The topological polar surface area (TPSA) is 39.1 Å². The predicted octanol–water partition coefficient (Wildman–Crippen LogP) is 2.64. The lowest BCUT2D eigenvalue weighted by molar-refractivity contribution is 0.412. The Balaban J connectivity index is 1.64. The van der Waals surface area contributed by atoms with Crippen LogP contribution in [0.2, 0.25) is 0 Å². The molecule has 21 heavy (non-hydrogen) atoms. The number of nitrogens with zero attached hydrogens (tertiary/aromatic N) is 2. The van der Waals surface area contributed by atoms with E-state index in [4.69, 9.17) is 4.74 Å². The molecular weight excluding hydrogens is 262 g/mol. The zero-order chi connectivity index (χ0) is 14.7. The van der Waals surface area contributed by atoms with Crippen LogP contribution >= 0.6 is 0 Å². The monoisotopic (exact) mass is 285 g/mol. The van der Waals surface area contributed by atoms with Gasteiger partial charge in [-0.3, -0.25) is 4.68 Å². The molecule has 0 fully saturated rings. The van der Waals surface area contributed by atoms with Crippen molar-refractivity contribution in [1.82, 2.24) is 15.1 Å². The van der Waals surface area contributed by atoms with Crippen LogP contribution in [0.25, 0.3) is 0 Å². The third kappa shape index (κ3) is 3.10. The average molecular weight is 285 g/mol. The van der Waals surface area contributed by atoms with Crippen molar-refractivity contribution in [3.63, 3.8) is 0 Å². The van der Waals surface area contributed by atoms with Gasteiger partial charge in [-0.1, -0.05) is 6.07 Å². The summed E-state index contributed by atoms with van der Waals surface area (Å²) in [4.78, 5) is 0. The van der Waals surface area contributed by atoms with Crippen LogP contribution in [0.1, 0.15) is 35.6 Å². The van der Waals surface area contributed by atoms with E-state index >= 15 is 0 Å². The number of aryl methyl sites for hydroxylation is 2. The molecule has 0 amide bonds. The van der Waals surface area contributed by atoms with Gasteiger partial charge in [-0.05, 0) is 54.5 Å². The molecular formula is C17H23N3O. The molecule has 0 saturated heterocycles. The van der Waals surface area contributed by atoms with Gasteiger partial charge in [-0.25, -0.2) is 0 Å². The number of benzene rings is 1. The van der Waals surface area contributed by atoms with Gasteiger partial charge in [0.2, 0.25) is 0 Å². The molecule has 1 aromatic heterocycles. The third-order valence-electron chi connectivity index (χ3n) is 4.41. The normalized spacial score (nSPS) is 17.5. The minimum Gasteiger partial charge on any atom is -0.497 e. The van der Waals surface area contributed by atoms with E-state index in [9.17, 15) is 0 Å². The van der Waals surface area contributed by atoms with E-state index < -0.39 is 0 Å². The highest BCUT2D eigenvalue weighted by atomic mass is 16.5. The molecule has 1 N–H and O–H groups in total. The maximum absolute atomic E-state index is 5.33. The van der Waals surface area contributed by atoms with Crippen LogP contribution in [-0.4, -0.2) is 23.4 Å². The summed E-state index contributed by atoms with van der Waals surface area (Å²) in [6.07, 6.45) is 5.54. The molecule has 112 valence electrons. The summed E-state index contributed by atoms with van der Waals surface area (Å²) in [5.74, 6) is 1.57. The van der Waals surface area contributed by atoms with E-state index in [0.29, 0.717) is 5.92 Å². The van der Waals surface area contributed by atoms with Gasteiger partial charge in [-0.2, -0.15) is 5.10 Å². The van der Waals surface area contributed by atoms with Crippen LogP contribution in [0.3, 0.4) is 0 Å². The van der Waals surface area contributed by atoms with Crippen molar-refractivity contribution >= 4 is 0 Å². The summed E-state index contributed by atoms with van der Waals surface area (Å²) in [6, 6.07) is 8.58. The Labute approximate surface area is 126 Å². The molecule has 2 aromatic rings. The molecule has 1 aliphatic carbocycles. The van der Waals surface area contributed by atoms with Crippen molar-refractivity contribution in [2.45, 2.75) is 31.7 Å². The Bertz CT molecular complexity index is 606. The fourth-order valence-corrected chi connectivity index (χ4v) is 3.18. The SMILES string of the molecule is COc1ccc2c(c1)CCC[C@@H]2CNCc1ccnn1C. The molecule has 0 aliphatic heterocycles. The molecule has 0 bridgehead atoms. The largest absolute Gasteiger partial charge is 0.497 e. The zero-order valence-corrected chi connectivity index (χ0v) is 12.8. The molecule has 0 spiro atoms. The molecule has 4 heteroatoms. The van der Waals surface area contributed by atoms with Crippen LogP contribution in [0.5, 0.6) is 5.75 Å². The molecule has 4 nitrogen and oxygen atoms in total. The van der Waals surface area contributed by atoms with Crippen LogP contribution in [-0.2, 0) is 20.0 Å². The van der Waals surface area contributed by atoms with Crippen molar-refractivity contribution in [3.8, 4) is 5.75 Å². The number of hydrogen-bond donors (Lipinski definition) is 1. The molecule has 1 atom stereocenters. The van der Waals surface area contributed by atoms with Crippen molar-refractivity contribution in [2.24, 2.45) is 7.05 Å². The average Bonchev–Trinajstić information content (AvgIpc) is 2.92. The standard InChI is InChI=1S/C17H23N3O/c1-20-15(8-9-19-20)12-18-11-14-5-3-4-13-10-16(21-2)6-7-17(13)14/h6-10,14,18H,3-5,11-12H2,1-2H3/t14-/m1/s1. The summed E-state index contributed by atoms with van der Waals surface area (Å²) < 4.78 is 7.26. The second-order valence-corrected chi connectivity index (χ2v) is 5.73. The van der Waals surface area contributed by atoms with Crippen LogP contribution in [0.4, 0.5) is 0 Å². The molecule has 1 aliphatic rings. The lowest BCUT2D eigenvalue weighted by Crippen LogP contribution is -2.25. The third-order valence-corrected chi connectivity index (χ3v) is 4.41. The van der Waals surface area contributed by atoms with E-state index in [1.165, 1.54) is 36.1 Å². The molecule has 1 heterocycles. The molecule has 0 unspecified atom stereocenters. The van der Waals surface area contributed by atoms with E-state index in [-0.39, 0.29) is 0 Å². The van der Waals surface area contributed by atoms with Crippen molar-refractivity contribution < 1.29 is 4.74 Å². The van der Waals surface area contributed by atoms with Gasteiger partial charge in [0.05, 0.1) is 12.8 Å². The number of rotatable bonds is 5. The fourth-order valence-electron chi connectivity index (χ4n) is 3.18. The van der Waals surface area contributed by atoms with Crippen molar-refractivity contribution in [1.29, 1.82) is 0 Å². The van der Waals surface area contributed by atoms with E-state index in [1.54, 1.807) is 7.11 Å². The maximum Gasteiger partial charge on any atom is 0.119 e. The van der Waals surface area contributed by atoms with Gasteiger partial charge in [0.15, 0.2) is 0 Å². The Kier molecular flexibility index (Phi) is 4.25. The van der Waals surface area contributed by atoms with Crippen molar-refractivity contribution in [3.05, 3.63) is 47.3 Å². The van der Waals surface area contributed by atoms with E-state index in [0.717, 1.165) is 18.8 Å². The number of nitrogens with one attached hydrogen (secondary N) is 1. The summed E-state index contributed by atoms with van der Waals surface area (Å²) in [6.45, 7) is 1.89. The van der Waals surface area contributed by atoms with Crippen molar-refractivity contribution in [2.75, 3.05) is 13.7 Å². The quantitative estimate of drug-likeness (QED) is 0.918. The minimum atomic E-state index is 0.605. The number of methoxy groups -OCH3 is 1. The molecule has 1 aromatic carbocycles. The smallest absolute Gasteiger partial charge is 0.119 e. The van der Waals surface area contributed by atoms with Crippen LogP contribution < -0.4 is 10.1 Å². The molecule has 0 radical (unpaired) electrons. The maximum atomic E-state index is 5.33. The van der Waals surface area contributed by atoms with Crippen LogP contribution in [0.15, 0.2) is 30.5 Å². The summed E-state index contributed by atoms with van der Waals surface area (Å²) >= 11 is 0. The Morgan fingerprint density at radius 3 is 3.05 bits per heavy atom. The van der Waals surface area contributed by atoms with Crippen LogP contribution in [0, 0.1) is 0 Å². The number of fused-ring (bicyclic) bond motifs is 1. The first-order valence-corrected chi connectivity index (χ1v) is 7.62. The highest BCUT2D eigenvalue weighted by Crippen LogP contribution is 2.33. The Morgan fingerprint density at radius 1 is 1.38 bits per heavy atom. The Hall–Kier alpha value is -1.81. The first-order chi connectivity index (χ1) is 10.3. The van der Waals surface area contributed by atoms with E-state index in [1.807, 2.05) is 17.9 Å². The number of aromatic nitrogens is 2. The predicted molar refractivity (Wildman–Crippen MR) is 83.6 cm³/mol. The second kappa shape index (κ2) is 6.31. The highest BCUT2D eigenvalue weighted by Gasteiger charge is 2.20. The highest BCUT2D eigenvalue weighted by molar-refractivity contribution is 5.39. The summed E-state index contributed by atoms with van der Waals surface area (Å²) in [7, 11) is 3.72. The first kappa shape index (κ1) is 14.1. The molecule has 3 rings (SSSR count). The number of hydrogen-bond acceptors (Lipinski definition) is 3. The van der Waals surface area contributed by atoms with Gasteiger partial charge in [-0.15, -0.1) is 0 Å². The molecule has 0 saturated carbocycles. The van der Waals surface area contributed by atoms with Gasteiger partial charge < -0.3 is 10.1 Å². The summed E-state index contributed by atoms with van der Waals surface area (Å²) in [5, 5.41) is 7.78. The lowest BCUT2D eigenvalue weighted by atomic mass is 9.82. The lowest BCUT2D eigenvalue weighted by Gasteiger charge is -2.26. The second-order valence-electron chi connectivity index (χ2n) is 5.73. The zero-order valence-electron chi connectivity index (χ0n) is 12.8.